The van der Waals surface area contributed by atoms with Gasteiger partial charge in [-0.25, -0.2) is 9.37 Å². The second-order valence-electron chi connectivity index (χ2n) is 6.01. The molecule has 0 aliphatic carbocycles. The summed E-state index contributed by atoms with van der Waals surface area (Å²) in [4.78, 5) is 28.0. The fraction of sp³-hybridized carbons (Fsp3) is 0.211. The Hall–Kier alpha value is -2.80. The number of para-hydroxylation sites is 1. The van der Waals surface area contributed by atoms with Crippen LogP contribution >= 0.6 is 11.3 Å². The van der Waals surface area contributed by atoms with E-state index in [1.165, 1.54) is 19.1 Å². The molecule has 1 aromatic heterocycles. The number of anilines is 1. The van der Waals surface area contributed by atoms with E-state index in [9.17, 15) is 14.0 Å². The molecule has 0 saturated heterocycles. The number of carbonyl (C=O) groups is 2. The van der Waals surface area contributed by atoms with Crippen molar-refractivity contribution in [2.24, 2.45) is 0 Å². The molecule has 2 amide bonds. The Bertz CT molecular complexity index is 937. The topological polar surface area (TPSA) is 71.1 Å². The molecule has 0 fully saturated rings. The minimum Gasteiger partial charge on any atom is -0.351 e. The second kappa shape index (κ2) is 7.61. The molecule has 26 heavy (non-hydrogen) atoms. The molecule has 2 aromatic carbocycles. The van der Waals surface area contributed by atoms with Crippen molar-refractivity contribution in [1.29, 1.82) is 0 Å². The van der Waals surface area contributed by atoms with Gasteiger partial charge in [-0.05, 0) is 30.3 Å². The molecule has 3 aromatic rings. The van der Waals surface area contributed by atoms with Gasteiger partial charge in [-0.2, -0.15) is 0 Å². The van der Waals surface area contributed by atoms with E-state index in [1.54, 1.807) is 11.3 Å². The molecule has 1 atom stereocenters. The fourth-order valence-electron chi connectivity index (χ4n) is 2.51. The first-order chi connectivity index (χ1) is 12.4. The minimum atomic E-state index is -0.635. The SMILES string of the molecule is CC(=O)Nc1ccc(F)c(C(=O)NCC(C)c2nc3ccccc3s2)c1. The molecule has 1 unspecified atom stereocenters. The lowest BCUT2D eigenvalue weighted by atomic mass is 10.1. The van der Waals surface area contributed by atoms with Gasteiger partial charge in [0.05, 0.1) is 20.8 Å². The predicted octanol–water partition coefficient (Wildman–Crippen LogP) is 3.93. The molecule has 2 N–H and O–H groups in total. The third kappa shape index (κ3) is 4.05. The van der Waals surface area contributed by atoms with Gasteiger partial charge in [0.25, 0.3) is 5.91 Å². The number of hydrogen-bond donors (Lipinski definition) is 2. The van der Waals surface area contributed by atoms with E-state index in [1.807, 2.05) is 31.2 Å². The van der Waals surface area contributed by atoms with Crippen molar-refractivity contribution in [2.45, 2.75) is 19.8 Å². The van der Waals surface area contributed by atoms with E-state index in [0.717, 1.165) is 21.3 Å². The quantitative estimate of drug-likeness (QED) is 0.714. The Morgan fingerprint density at radius 3 is 2.73 bits per heavy atom. The normalized spacial score (nSPS) is 12.0. The summed E-state index contributed by atoms with van der Waals surface area (Å²) in [7, 11) is 0. The van der Waals surface area contributed by atoms with Crippen molar-refractivity contribution in [3.63, 3.8) is 0 Å². The number of fused-ring (bicyclic) bond motifs is 1. The van der Waals surface area contributed by atoms with Crippen LogP contribution in [0.4, 0.5) is 10.1 Å². The molecule has 5 nitrogen and oxygen atoms in total. The molecule has 3 rings (SSSR count). The summed E-state index contributed by atoms with van der Waals surface area (Å²) in [6.45, 7) is 3.65. The number of amides is 2. The maximum atomic E-state index is 14.0. The van der Waals surface area contributed by atoms with E-state index < -0.39 is 11.7 Å². The zero-order valence-electron chi connectivity index (χ0n) is 14.4. The van der Waals surface area contributed by atoms with Gasteiger partial charge in [-0.1, -0.05) is 19.1 Å². The van der Waals surface area contributed by atoms with Gasteiger partial charge in [0, 0.05) is 25.1 Å². The lowest BCUT2D eigenvalue weighted by Gasteiger charge is -2.11. The van der Waals surface area contributed by atoms with Crippen LogP contribution in [-0.2, 0) is 4.79 Å². The lowest BCUT2D eigenvalue weighted by Crippen LogP contribution is -2.28. The number of benzene rings is 2. The number of aromatic nitrogens is 1. The van der Waals surface area contributed by atoms with E-state index in [0.29, 0.717) is 12.2 Å². The van der Waals surface area contributed by atoms with Crippen molar-refractivity contribution >= 4 is 39.1 Å². The number of hydrogen-bond acceptors (Lipinski definition) is 4. The summed E-state index contributed by atoms with van der Waals surface area (Å²) < 4.78 is 15.1. The van der Waals surface area contributed by atoms with E-state index in [4.69, 9.17) is 0 Å². The highest BCUT2D eigenvalue weighted by Gasteiger charge is 2.16. The highest BCUT2D eigenvalue weighted by atomic mass is 32.1. The Labute approximate surface area is 154 Å². The number of thiazole rings is 1. The Morgan fingerprint density at radius 2 is 2.00 bits per heavy atom. The van der Waals surface area contributed by atoms with Crippen molar-refractivity contribution in [1.82, 2.24) is 10.3 Å². The first-order valence-corrected chi connectivity index (χ1v) is 8.96. The average molecular weight is 371 g/mol. The van der Waals surface area contributed by atoms with Gasteiger partial charge >= 0.3 is 0 Å². The van der Waals surface area contributed by atoms with Crippen molar-refractivity contribution in [3.8, 4) is 0 Å². The summed E-state index contributed by atoms with van der Waals surface area (Å²) in [5.41, 5.74) is 1.20. The molecular formula is C19H18FN3O2S. The van der Waals surface area contributed by atoms with Gasteiger partial charge < -0.3 is 10.6 Å². The van der Waals surface area contributed by atoms with Gasteiger partial charge in [-0.15, -0.1) is 11.3 Å². The van der Waals surface area contributed by atoms with Crippen LogP contribution in [0.25, 0.3) is 10.2 Å². The van der Waals surface area contributed by atoms with Crippen molar-refractivity contribution in [3.05, 3.63) is 58.9 Å². The number of nitrogens with zero attached hydrogens (tertiary/aromatic N) is 1. The zero-order chi connectivity index (χ0) is 18.7. The number of halogens is 1. The summed E-state index contributed by atoms with van der Waals surface area (Å²) in [6.07, 6.45) is 0. The third-order valence-electron chi connectivity index (χ3n) is 3.83. The molecule has 0 aliphatic rings. The summed E-state index contributed by atoms with van der Waals surface area (Å²) in [5, 5.41) is 6.19. The van der Waals surface area contributed by atoms with Crippen LogP contribution in [0.2, 0.25) is 0 Å². The average Bonchev–Trinajstić information content (AvgIpc) is 3.05. The Morgan fingerprint density at radius 1 is 1.23 bits per heavy atom. The largest absolute Gasteiger partial charge is 0.351 e. The lowest BCUT2D eigenvalue weighted by molar-refractivity contribution is -0.114. The van der Waals surface area contributed by atoms with E-state index in [2.05, 4.69) is 15.6 Å². The fourth-order valence-corrected chi connectivity index (χ4v) is 3.53. The molecule has 7 heteroatoms. The zero-order valence-corrected chi connectivity index (χ0v) is 15.2. The Balaban J connectivity index is 1.69. The summed E-state index contributed by atoms with van der Waals surface area (Å²) in [6, 6.07) is 11.8. The monoisotopic (exact) mass is 371 g/mol. The molecule has 0 radical (unpaired) electrons. The molecule has 1 heterocycles. The van der Waals surface area contributed by atoms with Crippen LogP contribution in [0.1, 0.15) is 35.1 Å². The molecule has 0 aliphatic heterocycles. The van der Waals surface area contributed by atoms with Crippen LogP contribution in [0.5, 0.6) is 0 Å². The maximum Gasteiger partial charge on any atom is 0.254 e. The van der Waals surface area contributed by atoms with Crippen LogP contribution in [0.3, 0.4) is 0 Å². The number of nitrogens with one attached hydrogen (secondary N) is 2. The third-order valence-corrected chi connectivity index (χ3v) is 5.10. The highest BCUT2D eigenvalue weighted by molar-refractivity contribution is 7.18. The first-order valence-electron chi connectivity index (χ1n) is 8.15. The standard InChI is InChI=1S/C19H18FN3O2S/c1-11(19-23-16-5-3-4-6-17(16)26-19)10-21-18(25)14-9-13(22-12(2)24)7-8-15(14)20/h3-9,11H,10H2,1-2H3,(H,21,25)(H,22,24). The Kier molecular flexibility index (Phi) is 5.27. The highest BCUT2D eigenvalue weighted by Crippen LogP contribution is 2.27. The molecule has 0 saturated carbocycles. The van der Waals surface area contributed by atoms with Crippen LogP contribution in [0, 0.1) is 5.82 Å². The minimum absolute atomic E-state index is 0.00191. The predicted molar refractivity (Wildman–Crippen MR) is 101 cm³/mol. The van der Waals surface area contributed by atoms with Gasteiger partial charge in [0.15, 0.2) is 0 Å². The van der Waals surface area contributed by atoms with Crippen LogP contribution in [0.15, 0.2) is 42.5 Å². The molecular weight excluding hydrogens is 353 g/mol. The summed E-state index contributed by atoms with van der Waals surface area (Å²) in [5.74, 6) is -1.45. The smallest absolute Gasteiger partial charge is 0.254 e. The number of carbonyl (C=O) groups excluding carboxylic acids is 2. The van der Waals surface area contributed by atoms with Crippen LogP contribution in [-0.4, -0.2) is 23.3 Å². The maximum absolute atomic E-state index is 14.0. The van der Waals surface area contributed by atoms with E-state index in [-0.39, 0.29) is 17.4 Å². The number of rotatable bonds is 5. The van der Waals surface area contributed by atoms with Crippen LogP contribution < -0.4 is 10.6 Å². The molecule has 0 bridgehead atoms. The summed E-state index contributed by atoms with van der Waals surface area (Å²) >= 11 is 1.58. The first kappa shape index (κ1) is 18.0. The van der Waals surface area contributed by atoms with E-state index >= 15 is 0 Å². The van der Waals surface area contributed by atoms with Gasteiger partial charge in [0.2, 0.25) is 5.91 Å². The van der Waals surface area contributed by atoms with Gasteiger partial charge in [0.1, 0.15) is 5.82 Å². The molecule has 0 spiro atoms. The second-order valence-corrected chi connectivity index (χ2v) is 7.07. The van der Waals surface area contributed by atoms with Crippen molar-refractivity contribution in [2.75, 3.05) is 11.9 Å². The molecule has 134 valence electrons. The van der Waals surface area contributed by atoms with Gasteiger partial charge in [-0.3, -0.25) is 9.59 Å². The van der Waals surface area contributed by atoms with Crippen molar-refractivity contribution < 1.29 is 14.0 Å².